The van der Waals surface area contributed by atoms with Crippen LogP contribution in [0.15, 0.2) is 60.7 Å². The zero-order valence-corrected chi connectivity index (χ0v) is 18.4. The second-order valence-electron chi connectivity index (χ2n) is 7.71. The summed E-state index contributed by atoms with van der Waals surface area (Å²) in [4.78, 5) is 23.6. The Labute approximate surface area is 182 Å². The Hall–Kier alpha value is -2.54. The van der Waals surface area contributed by atoms with Crippen LogP contribution in [-0.2, 0) is 24.3 Å². The van der Waals surface area contributed by atoms with Crippen molar-refractivity contribution in [2.45, 2.75) is 32.5 Å². The lowest BCUT2D eigenvalue weighted by Crippen LogP contribution is -2.34. The van der Waals surface area contributed by atoms with Gasteiger partial charge in [-0.2, -0.15) is 0 Å². The molecule has 0 bridgehead atoms. The number of fused-ring (bicyclic) bond motifs is 1. The van der Waals surface area contributed by atoms with Crippen LogP contribution in [0.4, 0.5) is 5.13 Å². The van der Waals surface area contributed by atoms with E-state index < -0.39 is 0 Å². The van der Waals surface area contributed by atoms with Gasteiger partial charge in [0.1, 0.15) is 6.04 Å². The van der Waals surface area contributed by atoms with Crippen LogP contribution in [0.2, 0.25) is 0 Å². The lowest BCUT2D eigenvalue weighted by Gasteiger charge is -2.25. The van der Waals surface area contributed by atoms with Crippen LogP contribution < -0.4 is 5.32 Å². The Morgan fingerprint density at radius 1 is 1.17 bits per heavy atom. The maximum atomic E-state index is 13.1. The molecule has 2 heterocycles. The summed E-state index contributed by atoms with van der Waals surface area (Å²) in [6, 6.07) is 20.2. The number of rotatable bonds is 7. The van der Waals surface area contributed by atoms with Gasteiger partial charge in [0.05, 0.1) is 5.69 Å². The molecule has 0 fully saturated rings. The van der Waals surface area contributed by atoms with E-state index >= 15 is 0 Å². The highest BCUT2D eigenvalue weighted by molar-refractivity contribution is 7.15. The molecule has 3 aromatic rings. The monoisotopic (exact) mass is 420 g/mol. The van der Waals surface area contributed by atoms with Gasteiger partial charge in [0, 0.05) is 30.9 Å². The molecular weight excluding hydrogens is 392 g/mol. The van der Waals surface area contributed by atoms with Crippen LogP contribution in [0.1, 0.15) is 34.7 Å². The Morgan fingerprint density at radius 2 is 1.87 bits per heavy atom. The third-order valence-electron chi connectivity index (χ3n) is 5.59. The fraction of sp³-hybridized carbons (Fsp3) is 0.333. The third-order valence-corrected chi connectivity index (χ3v) is 6.59. The lowest BCUT2D eigenvalue weighted by molar-refractivity contribution is -0.121. The van der Waals surface area contributed by atoms with Crippen molar-refractivity contribution in [2.24, 2.45) is 0 Å². The molecule has 4 rings (SSSR count). The summed E-state index contributed by atoms with van der Waals surface area (Å²) in [6.07, 6.45) is 0.922. The zero-order chi connectivity index (χ0) is 20.9. The van der Waals surface area contributed by atoms with Gasteiger partial charge in [0.25, 0.3) is 0 Å². The standard InChI is InChI=1S/C24H28N4OS/c1-3-27(2)22(19-12-8-5-9-13-19)23(29)26-24-25-20-14-15-28(17-21(20)30-24)16-18-10-6-4-7-11-18/h4-13,22H,3,14-17H2,1-2H3,(H,25,26,29). The number of likely N-dealkylation sites (N-methyl/N-ethyl adjacent to an activating group) is 1. The molecule has 5 nitrogen and oxygen atoms in total. The first kappa shape index (κ1) is 20.7. The van der Waals surface area contributed by atoms with Gasteiger partial charge < -0.3 is 5.32 Å². The molecule has 0 spiro atoms. The Bertz CT molecular complexity index is 973. The van der Waals surface area contributed by atoms with Gasteiger partial charge in [-0.15, -0.1) is 11.3 Å². The third kappa shape index (κ3) is 4.78. The minimum atomic E-state index is -0.327. The van der Waals surface area contributed by atoms with E-state index in [0.717, 1.165) is 43.9 Å². The highest BCUT2D eigenvalue weighted by Gasteiger charge is 2.26. The van der Waals surface area contributed by atoms with Gasteiger partial charge in [-0.05, 0) is 24.7 Å². The van der Waals surface area contributed by atoms with Crippen LogP contribution in [0.3, 0.4) is 0 Å². The van der Waals surface area contributed by atoms with Crippen molar-refractivity contribution >= 4 is 22.4 Å². The average Bonchev–Trinajstić information content (AvgIpc) is 3.16. The molecule has 0 saturated heterocycles. The van der Waals surface area contributed by atoms with Crippen LogP contribution in [0.5, 0.6) is 0 Å². The highest BCUT2D eigenvalue weighted by atomic mass is 32.1. The van der Waals surface area contributed by atoms with Crippen molar-refractivity contribution in [1.29, 1.82) is 0 Å². The fourth-order valence-electron chi connectivity index (χ4n) is 3.88. The summed E-state index contributed by atoms with van der Waals surface area (Å²) >= 11 is 1.61. The molecule has 1 aromatic heterocycles. The molecule has 1 N–H and O–H groups in total. The minimum absolute atomic E-state index is 0.0298. The van der Waals surface area contributed by atoms with Crippen molar-refractivity contribution in [2.75, 3.05) is 25.5 Å². The first-order chi connectivity index (χ1) is 14.6. The predicted octanol–water partition coefficient (Wildman–Crippen LogP) is 4.33. The van der Waals surface area contributed by atoms with Gasteiger partial charge in [-0.25, -0.2) is 4.98 Å². The number of hydrogen-bond acceptors (Lipinski definition) is 5. The number of carbonyl (C=O) groups excluding carboxylic acids is 1. The minimum Gasteiger partial charge on any atom is -0.300 e. The summed E-state index contributed by atoms with van der Waals surface area (Å²) in [5, 5.41) is 3.79. The van der Waals surface area contributed by atoms with Crippen molar-refractivity contribution in [3.8, 4) is 0 Å². The number of thiazole rings is 1. The van der Waals surface area contributed by atoms with Gasteiger partial charge in [0.2, 0.25) is 5.91 Å². The molecule has 1 amide bonds. The van der Waals surface area contributed by atoms with E-state index in [4.69, 9.17) is 4.98 Å². The fourth-order valence-corrected chi connectivity index (χ4v) is 4.93. The normalized spacial score (nSPS) is 15.0. The molecule has 0 saturated carbocycles. The van der Waals surface area contributed by atoms with E-state index in [2.05, 4.69) is 52.4 Å². The molecule has 156 valence electrons. The maximum absolute atomic E-state index is 13.1. The van der Waals surface area contributed by atoms with Crippen molar-refractivity contribution in [1.82, 2.24) is 14.8 Å². The van der Waals surface area contributed by atoms with Crippen LogP contribution >= 0.6 is 11.3 Å². The van der Waals surface area contributed by atoms with E-state index in [9.17, 15) is 4.79 Å². The van der Waals surface area contributed by atoms with E-state index in [-0.39, 0.29) is 11.9 Å². The number of nitrogens with zero attached hydrogens (tertiary/aromatic N) is 3. The van der Waals surface area contributed by atoms with Gasteiger partial charge in [-0.3, -0.25) is 14.6 Å². The van der Waals surface area contributed by atoms with E-state index in [1.54, 1.807) is 11.3 Å². The van der Waals surface area contributed by atoms with Crippen LogP contribution in [-0.4, -0.2) is 40.8 Å². The molecule has 6 heteroatoms. The summed E-state index contributed by atoms with van der Waals surface area (Å²) in [5.74, 6) is -0.0298. The van der Waals surface area contributed by atoms with Crippen molar-refractivity contribution in [3.05, 3.63) is 82.4 Å². The highest BCUT2D eigenvalue weighted by Crippen LogP contribution is 2.30. The lowest BCUT2D eigenvalue weighted by atomic mass is 10.1. The largest absolute Gasteiger partial charge is 0.300 e. The Kier molecular flexibility index (Phi) is 6.57. The summed E-state index contributed by atoms with van der Waals surface area (Å²) in [7, 11) is 1.98. The number of nitrogens with one attached hydrogen (secondary N) is 1. The predicted molar refractivity (Wildman–Crippen MR) is 122 cm³/mol. The van der Waals surface area contributed by atoms with Crippen molar-refractivity contribution in [3.63, 3.8) is 0 Å². The first-order valence-corrected chi connectivity index (χ1v) is 11.3. The molecule has 2 aromatic carbocycles. The molecular formula is C24H28N4OS. The van der Waals surface area contributed by atoms with Crippen molar-refractivity contribution < 1.29 is 4.79 Å². The molecule has 1 aliphatic rings. The van der Waals surface area contributed by atoms with Gasteiger partial charge >= 0.3 is 0 Å². The topological polar surface area (TPSA) is 48.5 Å². The zero-order valence-electron chi connectivity index (χ0n) is 17.5. The smallest absolute Gasteiger partial charge is 0.248 e. The molecule has 30 heavy (non-hydrogen) atoms. The first-order valence-electron chi connectivity index (χ1n) is 10.4. The van der Waals surface area contributed by atoms with E-state index in [1.807, 2.05) is 37.4 Å². The summed E-state index contributed by atoms with van der Waals surface area (Å²) in [5.41, 5.74) is 3.45. The number of amides is 1. The summed E-state index contributed by atoms with van der Waals surface area (Å²) < 4.78 is 0. The van der Waals surface area contributed by atoms with Crippen LogP contribution in [0.25, 0.3) is 0 Å². The second kappa shape index (κ2) is 9.51. The molecule has 0 aliphatic carbocycles. The molecule has 1 atom stereocenters. The Morgan fingerprint density at radius 3 is 2.57 bits per heavy atom. The van der Waals surface area contributed by atoms with E-state index in [0.29, 0.717) is 5.13 Å². The quantitative estimate of drug-likeness (QED) is 0.618. The molecule has 1 aliphatic heterocycles. The number of hydrogen-bond donors (Lipinski definition) is 1. The Balaban J connectivity index is 1.45. The second-order valence-corrected chi connectivity index (χ2v) is 8.79. The van der Waals surface area contributed by atoms with Crippen LogP contribution in [0, 0.1) is 0 Å². The van der Waals surface area contributed by atoms with Gasteiger partial charge in [0.15, 0.2) is 5.13 Å². The molecule has 0 radical (unpaired) electrons. The molecule has 1 unspecified atom stereocenters. The summed E-state index contributed by atoms with van der Waals surface area (Å²) in [6.45, 7) is 5.67. The van der Waals surface area contributed by atoms with E-state index in [1.165, 1.54) is 10.4 Å². The van der Waals surface area contributed by atoms with Gasteiger partial charge in [-0.1, -0.05) is 67.6 Å². The SMILES string of the molecule is CCN(C)C(C(=O)Nc1nc2c(s1)CN(Cc1ccccc1)CC2)c1ccccc1. The number of carbonyl (C=O) groups is 1. The number of aromatic nitrogens is 1. The average molecular weight is 421 g/mol. The number of benzene rings is 2. The maximum Gasteiger partial charge on any atom is 0.248 e. The number of anilines is 1.